The van der Waals surface area contributed by atoms with Crippen LogP contribution in [0.15, 0.2) is 47.1 Å². The molecule has 1 heterocycles. The normalized spacial score (nSPS) is 15.0. The number of hydrogen-bond donors (Lipinski definition) is 2. The van der Waals surface area contributed by atoms with E-state index in [0.717, 1.165) is 23.6 Å². The Bertz CT molecular complexity index is 600. The van der Waals surface area contributed by atoms with E-state index in [1.54, 1.807) is 0 Å². The van der Waals surface area contributed by atoms with Crippen LogP contribution in [0.5, 0.6) is 0 Å². The summed E-state index contributed by atoms with van der Waals surface area (Å²) in [5, 5.41) is 3.10. The third-order valence-electron chi connectivity index (χ3n) is 4.17. The highest BCUT2D eigenvalue weighted by molar-refractivity contribution is 5.80. The second-order valence-electron chi connectivity index (χ2n) is 6.43. The van der Waals surface area contributed by atoms with Crippen molar-refractivity contribution in [2.75, 3.05) is 7.05 Å². The van der Waals surface area contributed by atoms with E-state index in [1.807, 2.05) is 32.3 Å². The van der Waals surface area contributed by atoms with Crippen LogP contribution in [0, 0.1) is 11.8 Å². The molecule has 0 radical (unpaired) electrons. The van der Waals surface area contributed by atoms with Gasteiger partial charge in [0.15, 0.2) is 0 Å². The summed E-state index contributed by atoms with van der Waals surface area (Å²) in [6.07, 6.45) is 12.9. The van der Waals surface area contributed by atoms with Crippen molar-refractivity contribution < 1.29 is 0 Å². The number of rotatable bonds is 9. The number of hydrogen-bond acceptors (Lipinski definition) is 2. The van der Waals surface area contributed by atoms with Gasteiger partial charge < -0.3 is 10.3 Å². The van der Waals surface area contributed by atoms with Gasteiger partial charge in [-0.05, 0) is 42.9 Å². The van der Waals surface area contributed by atoms with Gasteiger partial charge in [-0.2, -0.15) is 0 Å². The average Bonchev–Trinajstić information content (AvgIpc) is 3.03. The fourth-order valence-corrected chi connectivity index (χ4v) is 2.14. The Morgan fingerprint density at radius 2 is 2.04 bits per heavy atom. The van der Waals surface area contributed by atoms with E-state index in [-0.39, 0.29) is 0 Å². The fourth-order valence-electron chi connectivity index (χ4n) is 2.14. The molecule has 0 aliphatic carbocycles. The number of allylic oxidation sites excluding steroid dienone is 6. The standard InChI is InChI=1S/C21H33N3/c1-7-9-10-11-18(14-17(5)16(3)4)20-12-13-21(24-20)23-15-19(8-2)22-6/h8,10-17,22,24H,7,9H2,1-6H3/b11-10-,18-14+,19-8+,23-15?. The molecule has 1 unspecified atom stereocenters. The molecule has 2 N–H and O–H groups in total. The van der Waals surface area contributed by atoms with Crippen LogP contribution in [0.1, 0.15) is 53.2 Å². The molecule has 0 saturated heterocycles. The number of aromatic amines is 1. The highest BCUT2D eigenvalue weighted by atomic mass is 14.9. The van der Waals surface area contributed by atoms with Crippen LogP contribution in [-0.4, -0.2) is 18.2 Å². The second kappa shape index (κ2) is 10.7. The lowest BCUT2D eigenvalue weighted by Crippen LogP contribution is -2.05. The maximum atomic E-state index is 4.50. The number of aliphatic imine (C=N–C) groups is 1. The van der Waals surface area contributed by atoms with Crippen molar-refractivity contribution >= 4 is 17.6 Å². The van der Waals surface area contributed by atoms with Crippen molar-refractivity contribution in [1.82, 2.24) is 10.3 Å². The highest BCUT2D eigenvalue weighted by Crippen LogP contribution is 2.24. The van der Waals surface area contributed by atoms with E-state index >= 15 is 0 Å². The molecular formula is C21H33N3. The highest BCUT2D eigenvalue weighted by Gasteiger charge is 2.08. The lowest BCUT2D eigenvalue weighted by atomic mass is 9.94. The van der Waals surface area contributed by atoms with Gasteiger partial charge in [0, 0.05) is 18.4 Å². The molecule has 0 amide bonds. The summed E-state index contributed by atoms with van der Waals surface area (Å²) in [6.45, 7) is 11.0. The van der Waals surface area contributed by atoms with E-state index in [9.17, 15) is 0 Å². The first-order valence-corrected chi connectivity index (χ1v) is 8.97. The average molecular weight is 328 g/mol. The van der Waals surface area contributed by atoms with Crippen molar-refractivity contribution in [1.29, 1.82) is 0 Å². The molecule has 1 atom stereocenters. The SMILES string of the molecule is C/C=C(\C=Nc1ccc(C(/C=C\CCC)=C/C(C)C(C)C)[nH]1)NC. The van der Waals surface area contributed by atoms with Crippen LogP contribution in [0.4, 0.5) is 5.82 Å². The molecule has 0 aliphatic heterocycles. The number of H-pyrrole nitrogens is 1. The predicted molar refractivity (Wildman–Crippen MR) is 108 cm³/mol. The Balaban J connectivity index is 3.03. The first kappa shape index (κ1) is 20.0. The van der Waals surface area contributed by atoms with Gasteiger partial charge in [0.05, 0.1) is 6.21 Å². The quantitative estimate of drug-likeness (QED) is 0.432. The Hall–Kier alpha value is -2.03. The van der Waals surface area contributed by atoms with Gasteiger partial charge >= 0.3 is 0 Å². The van der Waals surface area contributed by atoms with Gasteiger partial charge in [0.25, 0.3) is 0 Å². The van der Waals surface area contributed by atoms with Crippen molar-refractivity contribution in [3.63, 3.8) is 0 Å². The van der Waals surface area contributed by atoms with Gasteiger partial charge in [-0.15, -0.1) is 0 Å². The summed E-state index contributed by atoms with van der Waals surface area (Å²) < 4.78 is 0. The molecule has 3 heteroatoms. The first-order valence-electron chi connectivity index (χ1n) is 8.97. The van der Waals surface area contributed by atoms with Gasteiger partial charge in [0.2, 0.25) is 0 Å². The molecule has 0 aliphatic rings. The molecule has 0 fully saturated rings. The zero-order chi connectivity index (χ0) is 17.9. The van der Waals surface area contributed by atoms with E-state index in [1.165, 1.54) is 12.0 Å². The Morgan fingerprint density at radius 1 is 1.29 bits per heavy atom. The molecule has 1 aromatic heterocycles. The van der Waals surface area contributed by atoms with Crippen LogP contribution in [-0.2, 0) is 0 Å². The molecule has 0 spiro atoms. The summed E-state index contributed by atoms with van der Waals surface area (Å²) in [5.74, 6) is 2.02. The van der Waals surface area contributed by atoms with Gasteiger partial charge in [0.1, 0.15) is 5.82 Å². The zero-order valence-corrected chi connectivity index (χ0v) is 16.1. The number of nitrogens with one attached hydrogen (secondary N) is 2. The fraction of sp³-hybridized carbons (Fsp3) is 0.476. The topological polar surface area (TPSA) is 40.2 Å². The van der Waals surface area contributed by atoms with E-state index < -0.39 is 0 Å². The largest absolute Gasteiger partial charge is 0.387 e. The Kier molecular flexibility index (Phi) is 8.92. The van der Waals surface area contributed by atoms with Crippen molar-refractivity contribution in [2.45, 2.75) is 47.5 Å². The second-order valence-corrected chi connectivity index (χ2v) is 6.43. The molecule has 0 aromatic carbocycles. The maximum absolute atomic E-state index is 4.50. The molecule has 0 bridgehead atoms. The molecule has 0 saturated carbocycles. The smallest absolute Gasteiger partial charge is 0.130 e. The van der Waals surface area contributed by atoms with Gasteiger partial charge in [-0.3, -0.25) is 0 Å². The Morgan fingerprint density at radius 3 is 2.62 bits per heavy atom. The summed E-state index contributed by atoms with van der Waals surface area (Å²) in [6, 6.07) is 4.13. The zero-order valence-electron chi connectivity index (χ0n) is 16.1. The van der Waals surface area contributed by atoms with E-state index in [2.05, 4.69) is 67.3 Å². The van der Waals surface area contributed by atoms with Crippen LogP contribution in [0.3, 0.4) is 0 Å². The summed E-state index contributed by atoms with van der Waals surface area (Å²) in [4.78, 5) is 7.91. The minimum atomic E-state index is 0.528. The molecule has 1 rings (SSSR count). The van der Waals surface area contributed by atoms with Crippen LogP contribution in [0.2, 0.25) is 0 Å². The summed E-state index contributed by atoms with van der Waals surface area (Å²) in [7, 11) is 1.90. The van der Waals surface area contributed by atoms with Crippen molar-refractivity contribution in [3.05, 3.63) is 47.8 Å². The molecule has 24 heavy (non-hydrogen) atoms. The van der Waals surface area contributed by atoms with E-state index in [4.69, 9.17) is 0 Å². The van der Waals surface area contributed by atoms with Crippen molar-refractivity contribution in [2.24, 2.45) is 16.8 Å². The first-order chi connectivity index (χ1) is 11.5. The monoisotopic (exact) mass is 327 g/mol. The van der Waals surface area contributed by atoms with Crippen molar-refractivity contribution in [3.8, 4) is 0 Å². The summed E-state index contributed by atoms with van der Waals surface area (Å²) >= 11 is 0. The lowest BCUT2D eigenvalue weighted by Gasteiger charge is -2.12. The number of unbranched alkanes of at least 4 members (excludes halogenated alkanes) is 1. The molecule has 132 valence electrons. The molecule has 3 nitrogen and oxygen atoms in total. The minimum Gasteiger partial charge on any atom is -0.387 e. The van der Waals surface area contributed by atoms with Crippen LogP contribution in [0.25, 0.3) is 5.57 Å². The predicted octanol–water partition coefficient (Wildman–Crippen LogP) is 5.87. The molecule has 1 aromatic rings. The molecular weight excluding hydrogens is 294 g/mol. The van der Waals surface area contributed by atoms with Gasteiger partial charge in [-0.1, -0.05) is 58.4 Å². The third kappa shape index (κ3) is 6.61. The third-order valence-corrected chi connectivity index (χ3v) is 4.17. The number of aromatic nitrogens is 1. The maximum Gasteiger partial charge on any atom is 0.130 e. The van der Waals surface area contributed by atoms with Crippen LogP contribution >= 0.6 is 0 Å². The lowest BCUT2D eigenvalue weighted by molar-refractivity contribution is 0.505. The summed E-state index contributed by atoms with van der Waals surface area (Å²) in [5.41, 5.74) is 3.36. The minimum absolute atomic E-state index is 0.528. The van der Waals surface area contributed by atoms with Crippen LogP contribution < -0.4 is 5.32 Å². The van der Waals surface area contributed by atoms with E-state index in [0.29, 0.717) is 11.8 Å². The number of nitrogens with zero attached hydrogens (tertiary/aromatic N) is 1. The van der Waals surface area contributed by atoms with Gasteiger partial charge in [-0.25, -0.2) is 4.99 Å². The Labute approximate surface area is 147 Å².